The lowest BCUT2D eigenvalue weighted by molar-refractivity contribution is -0.0378. The molecule has 0 aliphatic carbocycles. The molecule has 0 radical (unpaired) electrons. The summed E-state index contributed by atoms with van der Waals surface area (Å²) in [5, 5.41) is 7.98. The number of rotatable bonds is 2. The van der Waals surface area contributed by atoms with E-state index in [4.69, 9.17) is 4.52 Å². The highest BCUT2D eigenvalue weighted by Crippen LogP contribution is 2.39. The summed E-state index contributed by atoms with van der Waals surface area (Å²) >= 11 is 0. The number of hydrogen-bond donors (Lipinski definition) is 1. The maximum Gasteiger partial charge on any atom is 0.274 e. The molecule has 5 nitrogen and oxygen atoms in total. The van der Waals surface area contributed by atoms with Crippen LogP contribution in [-0.4, -0.2) is 40.6 Å². The first-order valence-electron chi connectivity index (χ1n) is 7.98. The molecule has 22 heavy (non-hydrogen) atoms. The zero-order valence-corrected chi connectivity index (χ0v) is 13.0. The van der Waals surface area contributed by atoms with Gasteiger partial charge in [-0.3, -0.25) is 9.69 Å². The van der Waals surface area contributed by atoms with Gasteiger partial charge in [0.05, 0.1) is 5.39 Å². The molecule has 1 amide bonds. The number of nitrogens with one attached hydrogen (secondary N) is 1. The average Bonchev–Trinajstić information content (AvgIpc) is 2.95. The molecule has 0 saturated carbocycles. The van der Waals surface area contributed by atoms with Crippen LogP contribution in [0.5, 0.6) is 0 Å². The first-order valence-corrected chi connectivity index (χ1v) is 7.98. The van der Waals surface area contributed by atoms with Crippen LogP contribution in [0.2, 0.25) is 0 Å². The van der Waals surface area contributed by atoms with E-state index in [1.54, 1.807) is 0 Å². The number of piperidine rings is 3. The van der Waals surface area contributed by atoms with Gasteiger partial charge in [0.2, 0.25) is 0 Å². The third kappa shape index (κ3) is 1.96. The van der Waals surface area contributed by atoms with Crippen LogP contribution >= 0.6 is 0 Å². The van der Waals surface area contributed by atoms with Crippen molar-refractivity contribution in [2.75, 3.05) is 13.1 Å². The van der Waals surface area contributed by atoms with Gasteiger partial charge in [-0.25, -0.2) is 0 Å². The van der Waals surface area contributed by atoms with E-state index >= 15 is 0 Å². The lowest BCUT2D eigenvalue weighted by atomic mass is 9.72. The molecule has 2 aromatic rings. The number of amides is 1. The van der Waals surface area contributed by atoms with Gasteiger partial charge in [-0.1, -0.05) is 17.3 Å². The quantitative estimate of drug-likeness (QED) is 0.925. The highest BCUT2D eigenvalue weighted by atomic mass is 16.5. The molecule has 3 fully saturated rings. The number of benzene rings is 1. The van der Waals surface area contributed by atoms with E-state index in [2.05, 4.69) is 29.2 Å². The van der Waals surface area contributed by atoms with Crippen LogP contribution in [0.3, 0.4) is 0 Å². The van der Waals surface area contributed by atoms with Crippen LogP contribution in [0, 0.1) is 5.92 Å². The summed E-state index contributed by atoms with van der Waals surface area (Å²) in [5.41, 5.74) is 1.04. The highest BCUT2D eigenvalue weighted by Gasteiger charge is 2.48. The minimum atomic E-state index is -0.128. The summed E-state index contributed by atoms with van der Waals surface area (Å²) in [7, 11) is 0. The minimum Gasteiger partial charge on any atom is -0.355 e. The Morgan fingerprint density at radius 2 is 2.05 bits per heavy atom. The monoisotopic (exact) mass is 299 g/mol. The number of aromatic nitrogens is 1. The summed E-state index contributed by atoms with van der Waals surface area (Å²) in [4.78, 5) is 15.2. The Morgan fingerprint density at radius 1 is 1.32 bits per heavy atom. The molecular weight excluding hydrogens is 278 g/mol. The van der Waals surface area contributed by atoms with Crippen LogP contribution in [0.1, 0.15) is 37.2 Å². The SMILES string of the molecule is CC1(C)[C@@H](NC(=O)c2noc3ccccc23)C2CCN1CC2. The normalized spacial score (nSPS) is 29.6. The van der Waals surface area contributed by atoms with Gasteiger partial charge in [-0.15, -0.1) is 0 Å². The number of nitrogens with zero attached hydrogens (tertiary/aromatic N) is 2. The molecule has 5 heteroatoms. The van der Waals surface area contributed by atoms with Crippen LogP contribution < -0.4 is 5.32 Å². The van der Waals surface area contributed by atoms with Crippen LogP contribution in [-0.2, 0) is 0 Å². The second kappa shape index (κ2) is 4.81. The Bertz CT molecular complexity index is 714. The summed E-state index contributed by atoms with van der Waals surface area (Å²) < 4.78 is 5.25. The van der Waals surface area contributed by atoms with Crippen molar-refractivity contribution in [3.8, 4) is 0 Å². The predicted octanol–water partition coefficient (Wildman–Crippen LogP) is 2.43. The van der Waals surface area contributed by atoms with Crippen molar-refractivity contribution in [3.05, 3.63) is 30.0 Å². The second-order valence-electron chi connectivity index (χ2n) is 6.96. The molecule has 4 heterocycles. The van der Waals surface area contributed by atoms with Gasteiger partial charge in [-0.2, -0.15) is 0 Å². The Balaban J connectivity index is 1.62. The molecule has 116 valence electrons. The zero-order valence-electron chi connectivity index (χ0n) is 13.0. The molecule has 2 bridgehead atoms. The maximum atomic E-state index is 12.7. The molecular formula is C17H21N3O2. The minimum absolute atomic E-state index is 0.00361. The molecule has 0 spiro atoms. The van der Waals surface area contributed by atoms with E-state index in [1.165, 1.54) is 0 Å². The van der Waals surface area contributed by atoms with E-state index in [0.717, 1.165) is 31.3 Å². The first-order chi connectivity index (χ1) is 10.6. The number of carbonyl (C=O) groups is 1. The third-order valence-electron chi connectivity index (χ3n) is 5.47. The second-order valence-corrected chi connectivity index (χ2v) is 6.96. The fourth-order valence-electron chi connectivity index (χ4n) is 4.14. The number of hydrogen-bond acceptors (Lipinski definition) is 4. The van der Waals surface area contributed by atoms with Crippen LogP contribution in [0.25, 0.3) is 11.0 Å². The molecule has 1 atom stereocenters. The Kier molecular flexibility index (Phi) is 3.01. The Labute approximate surface area is 129 Å². The van der Waals surface area contributed by atoms with Gasteiger partial charge in [0.15, 0.2) is 11.3 Å². The van der Waals surface area contributed by atoms with E-state index in [9.17, 15) is 4.79 Å². The molecule has 1 N–H and O–H groups in total. The third-order valence-corrected chi connectivity index (χ3v) is 5.47. The topological polar surface area (TPSA) is 58.4 Å². The smallest absolute Gasteiger partial charge is 0.274 e. The number of para-hydroxylation sites is 1. The van der Waals surface area contributed by atoms with Crippen LogP contribution in [0.15, 0.2) is 28.8 Å². The van der Waals surface area contributed by atoms with Gasteiger partial charge in [0.1, 0.15) is 0 Å². The largest absolute Gasteiger partial charge is 0.355 e. The van der Waals surface area contributed by atoms with Crippen molar-refractivity contribution in [2.45, 2.75) is 38.3 Å². The van der Waals surface area contributed by atoms with Crippen molar-refractivity contribution < 1.29 is 9.32 Å². The maximum absolute atomic E-state index is 12.7. The van der Waals surface area contributed by atoms with Crippen molar-refractivity contribution >= 4 is 16.9 Å². The highest BCUT2D eigenvalue weighted by molar-refractivity contribution is 6.04. The molecule has 3 aliphatic rings. The zero-order chi connectivity index (χ0) is 15.3. The van der Waals surface area contributed by atoms with Gasteiger partial charge >= 0.3 is 0 Å². The van der Waals surface area contributed by atoms with Gasteiger partial charge in [0, 0.05) is 11.6 Å². The summed E-state index contributed by atoms with van der Waals surface area (Å²) in [6.45, 7) is 6.72. The first kappa shape index (κ1) is 13.8. The molecule has 3 aliphatic heterocycles. The Morgan fingerprint density at radius 3 is 2.77 bits per heavy atom. The average molecular weight is 299 g/mol. The van der Waals surface area contributed by atoms with E-state index < -0.39 is 0 Å². The lowest BCUT2D eigenvalue weighted by Crippen LogP contribution is -2.69. The number of fused-ring (bicyclic) bond motifs is 4. The van der Waals surface area contributed by atoms with E-state index in [-0.39, 0.29) is 17.5 Å². The van der Waals surface area contributed by atoms with E-state index in [1.807, 2.05) is 24.3 Å². The molecule has 5 rings (SSSR count). The van der Waals surface area contributed by atoms with Crippen LogP contribution in [0.4, 0.5) is 0 Å². The van der Waals surface area contributed by atoms with E-state index in [0.29, 0.717) is 17.2 Å². The molecule has 0 unspecified atom stereocenters. The van der Waals surface area contributed by atoms with Crippen molar-refractivity contribution in [1.82, 2.24) is 15.4 Å². The van der Waals surface area contributed by atoms with Gasteiger partial charge in [-0.05, 0) is 57.8 Å². The predicted molar refractivity (Wildman–Crippen MR) is 83.6 cm³/mol. The Hall–Kier alpha value is -1.88. The van der Waals surface area contributed by atoms with Crippen molar-refractivity contribution in [3.63, 3.8) is 0 Å². The van der Waals surface area contributed by atoms with Gasteiger partial charge < -0.3 is 9.84 Å². The fourth-order valence-corrected chi connectivity index (χ4v) is 4.14. The number of carbonyl (C=O) groups excluding carboxylic acids is 1. The molecule has 1 aromatic carbocycles. The summed E-state index contributed by atoms with van der Waals surface area (Å²) in [6, 6.07) is 7.65. The molecule has 3 saturated heterocycles. The standard InChI is InChI=1S/C17H21N3O2/c1-17(2)15(11-7-9-20(17)10-8-11)18-16(21)14-12-5-3-4-6-13(12)22-19-14/h3-6,11,15H,7-10H2,1-2H3,(H,18,21)/t15-/m0/s1. The summed E-state index contributed by atoms with van der Waals surface area (Å²) in [5.74, 6) is 0.430. The van der Waals surface area contributed by atoms with Crippen molar-refractivity contribution in [1.29, 1.82) is 0 Å². The van der Waals surface area contributed by atoms with Crippen molar-refractivity contribution in [2.24, 2.45) is 5.92 Å². The fraction of sp³-hybridized carbons (Fsp3) is 0.529. The summed E-state index contributed by atoms with van der Waals surface area (Å²) in [6.07, 6.45) is 2.32. The molecule has 1 aromatic heterocycles. The lowest BCUT2D eigenvalue weighted by Gasteiger charge is -2.56. The van der Waals surface area contributed by atoms with Gasteiger partial charge in [0.25, 0.3) is 5.91 Å².